The Morgan fingerprint density at radius 1 is 1.53 bits per heavy atom. The number of aliphatic hydroxyl groups is 1. The van der Waals surface area contributed by atoms with Gasteiger partial charge in [-0.1, -0.05) is 24.9 Å². The lowest BCUT2D eigenvalue weighted by molar-refractivity contribution is 0.0910. The lowest BCUT2D eigenvalue weighted by Crippen LogP contribution is -2.31. The van der Waals surface area contributed by atoms with Crippen molar-refractivity contribution in [2.75, 3.05) is 6.54 Å². The lowest BCUT2D eigenvalue weighted by atomic mass is 10.2. The highest BCUT2D eigenvalue weighted by Gasteiger charge is 2.10. The third-order valence-corrected chi connectivity index (χ3v) is 2.63. The van der Waals surface area contributed by atoms with Crippen LogP contribution in [0.1, 0.15) is 30.1 Å². The van der Waals surface area contributed by atoms with Crippen LogP contribution < -0.4 is 5.32 Å². The first kappa shape index (κ1) is 13.8. The number of hydrogen-bond donors (Lipinski definition) is 3. The topological polar surface area (TPSA) is 69.6 Å². The van der Waals surface area contributed by atoms with Gasteiger partial charge in [-0.05, 0) is 24.6 Å². The molecule has 0 aromatic heterocycles. The fourth-order valence-electron chi connectivity index (χ4n) is 1.40. The van der Waals surface area contributed by atoms with E-state index in [9.17, 15) is 15.0 Å². The first-order valence-corrected chi connectivity index (χ1v) is 5.87. The van der Waals surface area contributed by atoms with Crippen molar-refractivity contribution >= 4 is 17.5 Å². The van der Waals surface area contributed by atoms with E-state index in [4.69, 9.17) is 11.6 Å². The van der Waals surface area contributed by atoms with Gasteiger partial charge in [-0.15, -0.1) is 0 Å². The van der Waals surface area contributed by atoms with Gasteiger partial charge in [-0.2, -0.15) is 0 Å². The summed E-state index contributed by atoms with van der Waals surface area (Å²) in [7, 11) is 0. The van der Waals surface area contributed by atoms with Crippen molar-refractivity contribution < 1.29 is 15.0 Å². The van der Waals surface area contributed by atoms with Crippen LogP contribution in [0.3, 0.4) is 0 Å². The molecule has 1 rings (SSSR count). The first-order chi connectivity index (χ1) is 8.04. The maximum Gasteiger partial charge on any atom is 0.251 e. The van der Waals surface area contributed by atoms with Gasteiger partial charge in [-0.3, -0.25) is 4.79 Å². The maximum atomic E-state index is 11.7. The van der Waals surface area contributed by atoms with Crippen LogP contribution in [0.25, 0.3) is 0 Å². The zero-order valence-corrected chi connectivity index (χ0v) is 10.4. The van der Waals surface area contributed by atoms with Crippen molar-refractivity contribution in [2.24, 2.45) is 0 Å². The molecule has 1 aromatic carbocycles. The molecular formula is C12H16ClNO3. The molecule has 1 unspecified atom stereocenters. The Labute approximate surface area is 105 Å². The number of rotatable bonds is 5. The van der Waals surface area contributed by atoms with Crippen molar-refractivity contribution in [3.8, 4) is 5.75 Å². The molecule has 0 aliphatic rings. The molecule has 1 aromatic rings. The molecule has 0 spiro atoms. The van der Waals surface area contributed by atoms with E-state index in [1.807, 2.05) is 6.92 Å². The second-order valence-electron chi connectivity index (χ2n) is 3.82. The largest absolute Gasteiger partial charge is 0.506 e. The Morgan fingerprint density at radius 2 is 2.24 bits per heavy atom. The van der Waals surface area contributed by atoms with Crippen molar-refractivity contribution in [3.05, 3.63) is 28.8 Å². The number of carbonyl (C=O) groups excluding carboxylic acids is 1. The van der Waals surface area contributed by atoms with Crippen LogP contribution in [-0.2, 0) is 0 Å². The van der Waals surface area contributed by atoms with E-state index in [-0.39, 0.29) is 23.2 Å². The Balaban J connectivity index is 2.55. The third-order valence-electron chi connectivity index (χ3n) is 2.33. The summed E-state index contributed by atoms with van der Waals surface area (Å²) < 4.78 is 0. The third kappa shape index (κ3) is 4.24. The van der Waals surface area contributed by atoms with Gasteiger partial charge in [0, 0.05) is 12.1 Å². The summed E-state index contributed by atoms with van der Waals surface area (Å²) in [4.78, 5) is 11.7. The van der Waals surface area contributed by atoms with Crippen LogP contribution in [0.2, 0.25) is 5.02 Å². The maximum absolute atomic E-state index is 11.7. The normalized spacial score (nSPS) is 12.2. The number of hydrogen-bond acceptors (Lipinski definition) is 3. The number of carbonyl (C=O) groups is 1. The fraction of sp³-hybridized carbons (Fsp3) is 0.417. The van der Waals surface area contributed by atoms with E-state index in [2.05, 4.69) is 5.32 Å². The van der Waals surface area contributed by atoms with Crippen LogP contribution in [-0.4, -0.2) is 28.8 Å². The number of phenols is 1. The molecule has 0 aliphatic carbocycles. The molecule has 0 saturated carbocycles. The number of aliphatic hydroxyl groups excluding tert-OH is 1. The molecule has 4 nitrogen and oxygen atoms in total. The summed E-state index contributed by atoms with van der Waals surface area (Å²) >= 11 is 5.69. The molecule has 0 fully saturated rings. The van der Waals surface area contributed by atoms with Gasteiger partial charge in [0.25, 0.3) is 5.91 Å². The van der Waals surface area contributed by atoms with Crippen LogP contribution in [0.4, 0.5) is 0 Å². The molecule has 1 amide bonds. The Hall–Kier alpha value is -1.26. The lowest BCUT2D eigenvalue weighted by Gasteiger charge is -2.10. The highest BCUT2D eigenvalue weighted by atomic mass is 35.5. The Bertz CT molecular complexity index is 395. The second-order valence-corrected chi connectivity index (χ2v) is 4.23. The van der Waals surface area contributed by atoms with Gasteiger partial charge >= 0.3 is 0 Å². The van der Waals surface area contributed by atoms with Gasteiger partial charge in [0.15, 0.2) is 0 Å². The second kappa shape index (κ2) is 6.47. The van der Waals surface area contributed by atoms with Crippen molar-refractivity contribution in [2.45, 2.75) is 25.9 Å². The van der Waals surface area contributed by atoms with Crippen molar-refractivity contribution in [3.63, 3.8) is 0 Å². The highest BCUT2D eigenvalue weighted by molar-refractivity contribution is 6.32. The molecule has 5 heteroatoms. The molecule has 3 N–H and O–H groups in total. The van der Waals surface area contributed by atoms with Gasteiger partial charge in [0.2, 0.25) is 0 Å². The van der Waals surface area contributed by atoms with E-state index in [1.54, 1.807) is 0 Å². The summed E-state index contributed by atoms with van der Waals surface area (Å²) in [6, 6.07) is 4.22. The smallest absolute Gasteiger partial charge is 0.251 e. The molecule has 0 aliphatic heterocycles. The average Bonchev–Trinajstić information content (AvgIpc) is 2.30. The number of amides is 1. The monoisotopic (exact) mass is 257 g/mol. The fourth-order valence-corrected chi connectivity index (χ4v) is 1.58. The minimum atomic E-state index is -0.531. The molecule has 0 heterocycles. The molecule has 94 valence electrons. The quantitative estimate of drug-likeness (QED) is 0.755. The molecular weight excluding hydrogens is 242 g/mol. The van der Waals surface area contributed by atoms with Crippen LogP contribution in [0, 0.1) is 0 Å². The van der Waals surface area contributed by atoms with Gasteiger partial charge < -0.3 is 15.5 Å². The SMILES string of the molecule is CCCC(O)CNC(=O)c1ccc(O)c(Cl)c1. The molecule has 1 atom stereocenters. The number of nitrogens with one attached hydrogen (secondary N) is 1. The minimum Gasteiger partial charge on any atom is -0.506 e. The predicted molar refractivity (Wildman–Crippen MR) is 66.4 cm³/mol. The van der Waals surface area contributed by atoms with Crippen molar-refractivity contribution in [1.29, 1.82) is 0 Å². The standard InChI is InChI=1S/C12H16ClNO3/c1-2-3-9(15)7-14-12(17)8-4-5-11(16)10(13)6-8/h4-6,9,15-16H,2-3,7H2,1H3,(H,14,17). The zero-order chi connectivity index (χ0) is 12.8. The minimum absolute atomic E-state index is 0.0609. The Morgan fingerprint density at radius 3 is 2.82 bits per heavy atom. The number of phenolic OH excluding ortho intramolecular Hbond substituents is 1. The number of aromatic hydroxyl groups is 1. The first-order valence-electron chi connectivity index (χ1n) is 5.49. The predicted octanol–water partition coefficient (Wildman–Crippen LogP) is 1.94. The zero-order valence-electron chi connectivity index (χ0n) is 9.61. The van der Waals surface area contributed by atoms with Crippen LogP contribution >= 0.6 is 11.6 Å². The summed E-state index contributed by atoms with van der Waals surface area (Å²) in [5.74, 6) is -0.378. The highest BCUT2D eigenvalue weighted by Crippen LogP contribution is 2.23. The van der Waals surface area contributed by atoms with Crippen molar-refractivity contribution in [1.82, 2.24) is 5.32 Å². The summed E-state index contributed by atoms with van der Waals surface area (Å²) in [6.07, 6.45) is 0.982. The summed E-state index contributed by atoms with van der Waals surface area (Å²) in [5, 5.41) is 21.4. The summed E-state index contributed by atoms with van der Waals surface area (Å²) in [6.45, 7) is 2.18. The van der Waals surface area contributed by atoms with E-state index in [1.165, 1.54) is 18.2 Å². The van der Waals surface area contributed by atoms with Gasteiger partial charge in [0.05, 0.1) is 11.1 Å². The van der Waals surface area contributed by atoms with E-state index < -0.39 is 6.10 Å². The van der Waals surface area contributed by atoms with Gasteiger partial charge in [-0.25, -0.2) is 0 Å². The van der Waals surface area contributed by atoms with E-state index >= 15 is 0 Å². The average molecular weight is 258 g/mol. The van der Waals surface area contributed by atoms with Crippen LogP contribution in [0.15, 0.2) is 18.2 Å². The Kier molecular flexibility index (Phi) is 5.25. The van der Waals surface area contributed by atoms with E-state index in [0.29, 0.717) is 12.0 Å². The molecule has 0 saturated heterocycles. The number of halogens is 1. The van der Waals surface area contributed by atoms with Crippen LogP contribution in [0.5, 0.6) is 5.75 Å². The molecule has 0 bridgehead atoms. The number of benzene rings is 1. The van der Waals surface area contributed by atoms with Gasteiger partial charge in [0.1, 0.15) is 5.75 Å². The summed E-state index contributed by atoms with van der Waals surface area (Å²) in [5.41, 5.74) is 0.358. The molecule has 17 heavy (non-hydrogen) atoms. The van der Waals surface area contributed by atoms with E-state index in [0.717, 1.165) is 6.42 Å². The molecule has 0 radical (unpaired) electrons.